The average Bonchev–Trinajstić information content (AvgIpc) is 2.36. The van der Waals surface area contributed by atoms with Gasteiger partial charge >= 0.3 is 0 Å². The van der Waals surface area contributed by atoms with Crippen molar-refractivity contribution in [2.75, 3.05) is 6.54 Å². The summed E-state index contributed by atoms with van der Waals surface area (Å²) in [6.07, 6.45) is 0. The first kappa shape index (κ1) is 15.5. The van der Waals surface area contributed by atoms with Crippen molar-refractivity contribution in [1.29, 1.82) is 0 Å². The van der Waals surface area contributed by atoms with Crippen LogP contribution in [0.3, 0.4) is 0 Å². The second-order valence-electron chi connectivity index (χ2n) is 4.59. The second-order valence-corrected chi connectivity index (χ2v) is 5.98. The van der Waals surface area contributed by atoms with Crippen LogP contribution >= 0.6 is 27.5 Å². The Kier molecular flexibility index (Phi) is 6.16. The van der Waals surface area contributed by atoms with Gasteiger partial charge in [0.15, 0.2) is 0 Å². The topological polar surface area (TPSA) is 20.3 Å². The molecule has 0 fully saturated rings. The van der Waals surface area contributed by atoms with Crippen LogP contribution < -0.4 is 0 Å². The van der Waals surface area contributed by atoms with E-state index in [2.05, 4.69) is 15.9 Å². The van der Waals surface area contributed by atoms with Crippen molar-refractivity contribution >= 4 is 33.4 Å². The summed E-state index contributed by atoms with van der Waals surface area (Å²) in [6, 6.07) is 7.64. The third kappa shape index (κ3) is 3.99. The Morgan fingerprint density at radius 2 is 2.00 bits per heavy atom. The van der Waals surface area contributed by atoms with Gasteiger partial charge in [0.2, 0.25) is 5.91 Å². The Hall–Kier alpha value is -0.540. The first-order valence-electron chi connectivity index (χ1n) is 6.13. The van der Waals surface area contributed by atoms with Crippen LogP contribution in [0.25, 0.3) is 0 Å². The molecule has 0 spiro atoms. The van der Waals surface area contributed by atoms with Crippen molar-refractivity contribution in [2.45, 2.75) is 32.1 Å². The molecule has 1 aromatic carbocycles. The van der Waals surface area contributed by atoms with E-state index in [9.17, 15) is 4.79 Å². The highest BCUT2D eigenvalue weighted by Gasteiger charge is 2.24. The quantitative estimate of drug-likeness (QED) is 0.743. The fourth-order valence-corrected chi connectivity index (χ4v) is 2.12. The highest BCUT2D eigenvalue weighted by Crippen LogP contribution is 2.20. The molecule has 0 radical (unpaired) electrons. The minimum Gasteiger partial charge on any atom is -0.338 e. The van der Waals surface area contributed by atoms with Crippen LogP contribution in [0.1, 0.15) is 26.3 Å². The van der Waals surface area contributed by atoms with E-state index < -0.39 is 0 Å². The van der Waals surface area contributed by atoms with Crippen LogP contribution in [0.15, 0.2) is 24.3 Å². The number of hydrogen-bond acceptors (Lipinski definition) is 1. The summed E-state index contributed by atoms with van der Waals surface area (Å²) in [4.78, 5) is 13.9. The summed E-state index contributed by atoms with van der Waals surface area (Å²) in [5.74, 6) is 0.394. The highest BCUT2D eigenvalue weighted by atomic mass is 79.9. The molecule has 0 N–H and O–H groups in total. The molecular weight excluding hydrogens is 314 g/mol. The molecule has 1 unspecified atom stereocenters. The summed E-state index contributed by atoms with van der Waals surface area (Å²) < 4.78 is 0. The van der Waals surface area contributed by atoms with Gasteiger partial charge < -0.3 is 4.90 Å². The third-order valence-corrected chi connectivity index (χ3v) is 4.65. The van der Waals surface area contributed by atoms with Crippen LogP contribution in [0, 0.1) is 5.92 Å². The summed E-state index contributed by atoms with van der Waals surface area (Å²) >= 11 is 9.58. The number of alkyl halides is 1. The number of rotatable bonds is 5. The van der Waals surface area contributed by atoms with Gasteiger partial charge in [-0.15, -0.1) is 0 Å². The SMILES string of the molecule is CCN(Cc1ccccc1Cl)C(=O)C(Br)C(C)C. The van der Waals surface area contributed by atoms with Crippen LogP contribution in [-0.2, 0) is 11.3 Å². The molecule has 0 aliphatic carbocycles. The molecule has 0 aromatic heterocycles. The summed E-state index contributed by atoms with van der Waals surface area (Å²) in [6.45, 7) is 7.28. The van der Waals surface area contributed by atoms with E-state index in [0.29, 0.717) is 18.1 Å². The van der Waals surface area contributed by atoms with Crippen LogP contribution in [-0.4, -0.2) is 22.2 Å². The number of nitrogens with zero attached hydrogens (tertiary/aromatic N) is 1. The molecule has 4 heteroatoms. The molecule has 2 nitrogen and oxygen atoms in total. The van der Waals surface area contributed by atoms with Gasteiger partial charge in [-0.3, -0.25) is 4.79 Å². The van der Waals surface area contributed by atoms with Crippen LogP contribution in [0.5, 0.6) is 0 Å². The van der Waals surface area contributed by atoms with Crippen molar-refractivity contribution in [3.63, 3.8) is 0 Å². The minimum atomic E-state index is -0.139. The van der Waals surface area contributed by atoms with Gasteiger partial charge in [-0.25, -0.2) is 0 Å². The fraction of sp³-hybridized carbons (Fsp3) is 0.500. The predicted molar refractivity (Wildman–Crippen MR) is 80.1 cm³/mol. The van der Waals surface area contributed by atoms with Gasteiger partial charge in [-0.2, -0.15) is 0 Å². The molecule has 1 atom stereocenters. The van der Waals surface area contributed by atoms with Crippen molar-refractivity contribution in [3.8, 4) is 0 Å². The lowest BCUT2D eigenvalue weighted by Crippen LogP contribution is -2.38. The van der Waals surface area contributed by atoms with Gasteiger partial charge in [-0.05, 0) is 24.5 Å². The zero-order chi connectivity index (χ0) is 13.7. The molecule has 1 amide bonds. The van der Waals surface area contributed by atoms with E-state index >= 15 is 0 Å². The molecule has 0 aliphatic heterocycles. The molecule has 18 heavy (non-hydrogen) atoms. The molecule has 0 saturated heterocycles. The lowest BCUT2D eigenvalue weighted by molar-refractivity contribution is -0.131. The van der Waals surface area contributed by atoms with Gasteiger partial charge in [0, 0.05) is 18.1 Å². The first-order valence-corrected chi connectivity index (χ1v) is 7.43. The molecular formula is C14H19BrClNO. The van der Waals surface area contributed by atoms with E-state index in [1.807, 2.05) is 49.9 Å². The van der Waals surface area contributed by atoms with Crippen molar-refractivity contribution in [3.05, 3.63) is 34.9 Å². The number of hydrogen-bond donors (Lipinski definition) is 0. The molecule has 1 aromatic rings. The van der Waals surface area contributed by atoms with Crippen molar-refractivity contribution < 1.29 is 4.79 Å². The second kappa shape index (κ2) is 7.15. The average molecular weight is 333 g/mol. The number of benzene rings is 1. The Morgan fingerprint density at radius 1 is 1.39 bits per heavy atom. The van der Waals surface area contributed by atoms with E-state index in [-0.39, 0.29) is 16.7 Å². The number of amides is 1. The van der Waals surface area contributed by atoms with Crippen LogP contribution in [0.4, 0.5) is 0 Å². The van der Waals surface area contributed by atoms with Crippen molar-refractivity contribution in [1.82, 2.24) is 4.90 Å². The molecule has 0 saturated carbocycles. The van der Waals surface area contributed by atoms with E-state index in [0.717, 1.165) is 5.56 Å². The third-order valence-electron chi connectivity index (χ3n) is 2.83. The Labute approximate surface area is 122 Å². The van der Waals surface area contributed by atoms with E-state index in [4.69, 9.17) is 11.6 Å². The zero-order valence-corrected chi connectivity index (χ0v) is 13.3. The number of carbonyl (C=O) groups excluding carboxylic acids is 1. The maximum Gasteiger partial charge on any atom is 0.236 e. The smallest absolute Gasteiger partial charge is 0.236 e. The van der Waals surface area contributed by atoms with E-state index in [1.165, 1.54) is 0 Å². The highest BCUT2D eigenvalue weighted by molar-refractivity contribution is 9.10. The van der Waals surface area contributed by atoms with Gasteiger partial charge in [-0.1, -0.05) is 59.6 Å². The van der Waals surface area contributed by atoms with E-state index in [1.54, 1.807) is 0 Å². The predicted octanol–water partition coefficient (Wildman–Crippen LogP) is 4.11. The Bertz CT molecular complexity index is 409. The zero-order valence-electron chi connectivity index (χ0n) is 11.0. The largest absolute Gasteiger partial charge is 0.338 e. The normalized spacial score (nSPS) is 12.6. The molecule has 0 aliphatic rings. The molecule has 1 rings (SSSR count). The monoisotopic (exact) mass is 331 g/mol. The first-order chi connectivity index (χ1) is 8.47. The lowest BCUT2D eigenvalue weighted by Gasteiger charge is -2.25. The standard InChI is InChI=1S/C14H19BrClNO/c1-4-17(14(18)13(15)10(2)3)9-11-7-5-6-8-12(11)16/h5-8,10,13H,4,9H2,1-3H3. The fourth-order valence-electron chi connectivity index (χ4n) is 1.64. The van der Waals surface area contributed by atoms with Gasteiger partial charge in [0.05, 0.1) is 4.83 Å². The molecule has 0 bridgehead atoms. The molecule has 100 valence electrons. The molecule has 0 heterocycles. The minimum absolute atomic E-state index is 0.118. The summed E-state index contributed by atoms with van der Waals surface area (Å²) in [5, 5.41) is 0.708. The number of halogens is 2. The summed E-state index contributed by atoms with van der Waals surface area (Å²) in [5.41, 5.74) is 0.984. The lowest BCUT2D eigenvalue weighted by atomic mass is 10.1. The van der Waals surface area contributed by atoms with Gasteiger partial charge in [0.25, 0.3) is 0 Å². The number of carbonyl (C=O) groups is 1. The van der Waals surface area contributed by atoms with Crippen molar-refractivity contribution in [2.24, 2.45) is 5.92 Å². The maximum absolute atomic E-state index is 12.3. The van der Waals surface area contributed by atoms with Crippen LogP contribution in [0.2, 0.25) is 5.02 Å². The Balaban J connectivity index is 2.80. The maximum atomic E-state index is 12.3. The Morgan fingerprint density at radius 3 is 2.50 bits per heavy atom. The summed E-state index contributed by atoms with van der Waals surface area (Å²) in [7, 11) is 0. The van der Waals surface area contributed by atoms with Gasteiger partial charge in [0.1, 0.15) is 0 Å².